The van der Waals surface area contributed by atoms with Gasteiger partial charge in [-0.1, -0.05) is 31.9 Å². The van der Waals surface area contributed by atoms with Gasteiger partial charge in [-0.3, -0.25) is 0 Å². The van der Waals surface area contributed by atoms with Crippen molar-refractivity contribution in [2.24, 2.45) is 0 Å². The Labute approximate surface area is 170 Å². The third-order valence-corrected chi connectivity index (χ3v) is 4.34. The van der Waals surface area contributed by atoms with E-state index in [-0.39, 0.29) is 34.0 Å². The highest BCUT2D eigenvalue weighted by Crippen LogP contribution is 2.15. The smallest absolute Gasteiger partial charge is 0.169 e. The highest BCUT2D eigenvalue weighted by Gasteiger charge is 2.05. The first-order valence-electron chi connectivity index (χ1n) is 6.94. The van der Waals surface area contributed by atoms with E-state index in [9.17, 15) is 0 Å². The maximum atomic E-state index is 3.46. The molecule has 0 unspecified atom stereocenters. The Morgan fingerprint density at radius 2 is 0.955 bits per heavy atom. The van der Waals surface area contributed by atoms with E-state index >= 15 is 0 Å². The summed E-state index contributed by atoms with van der Waals surface area (Å²) in [5.41, 5.74) is 2.54. The minimum atomic E-state index is 0. The number of hydrogen-bond acceptors (Lipinski definition) is 0. The van der Waals surface area contributed by atoms with E-state index in [1.165, 1.54) is 11.1 Å². The molecular formula is C16H20Br4N2. The third kappa shape index (κ3) is 7.20. The summed E-state index contributed by atoms with van der Waals surface area (Å²) in [6.07, 6.45) is 10.9. The van der Waals surface area contributed by atoms with Crippen molar-refractivity contribution in [2.75, 3.05) is 10.7 Å². The zero-order valence-electron chi connectivity index (χ0n) is 12.3. The van der Waals surface area contributed by atoms with Crippen molar-refractivity contribution in [1.82, 2.24) is 0 Å². The van der Waals surface area contributed by atoms with E-state index in [0.717, 1.165) is 36.6 Å². The quantitative estimate of drug-likeness (QED) is 0.262. The zero-order valence-corrected chi connectivity index (χ0v) is 18.6. The molecule has 0 N–H and O–H groups in total. The molecule has 2 aromatic rings. The Morgan fingerprint density at radius 3 is 1.23 bits per heavy atom. The van der Waals surface area contributed by atoms with Crippen molar-refractivity contribution >= 4 is 31.9 Å². The van der Waals surface area contributed by atoms with Crippen molar-refractivity contribution in [1.29, 1.82) is 0 Å². The second kappa shape index (κ2) is 12.6. The fourth-order valence-corrected chi connectivity index (χ4v) is 2.58. The van der Waals surface area contributed by atoms with Gasteiger partial charge in [-0.15, -0.1) is 0 Å². The summed E-state index contributed by atoms with van der Waals surface area (Å²) in [4.78, 5) is 0. The highest BCUT2D eigenvalue weighted by atomic mass is 79.9. The first kappa shape index (κ1) is 22.2. The lowest BCUT2D eigenvalue weighted by Crippen LogP contribution is -3.00. The van der Waals surface area contributed by atoms with E-state index in [1.807, 2.05) is 0 Å². The molecule has 0 aliphatic heterocycles. The number of rotatable bonds is 7. The molecule has 0 radical (unpaired) electrons. The largest absolute Gasteiger partial charge is 1.00 e. The average Bonchev–Trinajstić information content (AvgIpc) is 2.52. The summed E-state index contributed by atoms with van der Waals surface area (Å²) in [6, 6.07) is 8.75. The Morgan fingerprint density at radius 1 is 0.636 bits per heavy atom. The van der Waals surface area contributed by atoms with Crippen LogP contribution < -0.4 is 43.1 Å². The first-order valence-corrected chi connectivity index (χ1v) is 9.18. The fourth-order valence-electron chi connectivity index (χ4n) is 2.08. The number of halogens is 4. The lowest BCUT2D eigenvalue weighted by Gasteiger charge is -2.01. The van der Waals surface area contributed by atoms with Gasteiger partial charge in [0.1, 0.15) is 13.1 Å². The Hall–Kier alpha value is 0.220. The minimum absolute atomic E-state index is 0. The molecule has 0 bridgehead atoms. The standard InChI is InChI=1S/C16H20Br2N2.2BrH/c17-7-1-9-19-11-3-15(4-12-19)16-5-13-20(14-6-16)10-2-8-18;;/h3-6,11-14H,1-2,7-10H2;2*1H/q+2;;/p-2. The molecule has 2 aromatic heterocycles. The van der Waals surface area contributed by atoms with Crippen LogP contribution in [0.4, 0.5) is 0 Å². The van der Waals surface area contributed by atoms with Crippen LogP contribution in [0.15, 0.2) is 49.1 Å². The molecule has 2 rings (SSSR count). The topological polar surface area (TPSA) is 7.76 Å². The molecule has 0 aliphatic carbocycles. The van der Waals surface area contributed by atoms with Crippen LogP contribution in [-0.2, 0) is 13.1 Å². The molecule has 122 valence electrons. The van der Waals surface area contributed by atoms with Crippen molar-refractivity contribution < 1.29 is 43.1 Å². The van der Waals surface area contributed by atoms with Crippen LogP contribution in [-0.4, -0.2) is 10.7 Å². The molecule has 0 spiro atoms. The SMILES string of the molecule is BrCCC[n+]1ccc(-c2cc[n+](CCCBr)cc2)cc1.[Br-].[Br-]. The summed E-state index contributed by atoms with van der Waals surface area (Å²) in [7, 11) is 0. The van der Waals surface area contributed by atoms with Gasteiger partial charge < -0.3 is 34.0 Å². The molecule has 0 saturated heterocycles. The number of pyridine rings is 2. The molecule has 2 nitrogen and oxygen atoms in total. The van der Waals surface area contributed by atoms with Crippen LogP contribution in [0.25, 0.3) is 11.1 Å². The summed E-state index contributed by atoms with van der Waals surface area (Å²) in [5, 5.41) is 2.10. The van der Waals surface area contributed by atoms with Crippen molar-refractivity contribution in [3.8, 4) is 11.1 Å². The van der Waals surface area contributed by atoms with Crippen molar-refractivity contribution in [3.63, 3.8) is 0 Å². The van der Waals surface area contributed by atoms with Crippen molar-refractivity contribution in [3.05, 3.63) is 49.1 Å². The molecular weight excluding hydrogens is 540 g/mol. The van der Waals surface area contributed by atoms with Gasteiger partial charge in [0.2, 0.25) is 0 Å². The summed E-state index contributed by atoms with van der Waals surface area (Å²) in [5.74, 6) is 0. The van der Waals surface area contributed by atoms with Crippen LogP contribution in [0.1, 0.15) is 12.8 Å². The van der Waals surface area contributed by atoms with Gasteiger partial charge in [0, 0.05) is 47.8 Å². The number of aromatic nitrogens is 2. The number of hydrogen-bond donors (Lipinski definition) is 0. The second-order valence-electron chi connectivity index (χ2n) is 4.73. The molecule has 0 fully saturated rings. The van der Waals surface area contributed by atoms with E-state index in [1.54, 1.807) is 0 Å². The highest BCUT2D eigenvalue weighted by molar-refractivity contribution is 9.09. The molecule has 22 heavy (non-hydrogen) atoms. The fraction of sp³-hybridized carbons (Fsp3) is 0.375. The zero-order chi connectivity index (χ0) is 14.2. The van der Waals surface area contributed by atoms with Gasteiger partial charge in [0.05, 0.1) is 0 Å². The first-order chi connectivity index (χ1) is 9.83. The molecule has 6 heteroatoms. The summed E-state index contributed by atoms with van der Waals surface area (Å²) in [6.45, 7) is 2.12. The van der Waals surface area contributed by atoms with Gasteiger partial charge in [0.25, 0.3) is 0 Å². The van der Waals surface area contributed by atoms with Crippen LogP contribution in [0, 0.1) is 0 Å². The van der Waals surface area contributed by atoms with Gasteiger partial charge >= 0.3 is 0 Å². The normalized spacial score (nSPS) is 9.73. The number of alkyl halides is 2. The lowest BCUT2D eigenvalue weighted by atomic mass is 10.1. The predicted molar refractivity (Wildman–Crippen MR) is 89.1 cm³/mol. The number of aryl methyl sites for hydroxylation is 2. The van der Waals surface area contributed by atoms with E-state index in [4.69, 9.17) is 0 Å². The summed E-state index contributed by atoms with van der Waals surface area (Å²) < 4.78 is 4.45. The van der Waals surface area contributed by atoms with Gasteiger partial charge in [-0.05, 0) is 11.1 Å². The average molecular weight is 560 g/mol. The molecule has 0 aromatic carbocycles. The van der Waals surface area contributed by atoms with E-state index in [2.05, 4.69) is 90.0 Å². The maximum Gasteiger partial charge on any atom is 0.169 e. The van der Waals surface area contributed by atoms with Crippen LogP contribution in [0.3, 0.4) is 0 Å². The van der Waals surface area contributed by atoms with Gasteiger partial charge in [-0.2, -0.15) is 0 Å². The minimum Gasteiger partial charge on any atom is -1.00 e. The molecule has 0 amide bonds. The molecule has 0 atom stereocenters. The van der Waals surface area contributed by atoms with Crippen LogP contribution in [0.2, 0.25) is 0 Å². The van der Waals surface area contributed by atoms with E-state index in [0.29, 0.717) is 0 Å². The number of nitrogens with zero attached hydrogens (tertiary/aromatic N) is 2. The molecule has 2 heterocycles. The second-order valence-corrected chi connectivity index (χ2v) is 6.32. The van der Waals surface area contributed by atoms with Crippen LogP contribution in [0.5, 0.6) is 0 Å². The van der Waals surface area contributed by atoms with Gasteiger partial charge in [0.15, 0.2) is 24.8 Å². The van der Waals surface area contributed by atoms with Gasteiger partial charge in [-0.25, -0.2) is 9.13 Å². The predicted octanol–water partition coefficient (Wildman–Crippen LogP) is -2.49. The maximum absolute atomic E-state index is 3.46. The lowest BCUT2D eigenvalue weighted by molar-refractivity contribution is -0.697. The Balaban J connectivity index is 0.00000220. The molecule has 0 aliphatic rings. The van der Waals surface area contributed by atoms with Crippen LogP contribution >= 0.6 is 31.9 Å². The molecule has 0 saturated carbocycles. The van der Waals surface area contributed by atoms with Crippen molar-refractivity contribution in [2.45, 2.75) is 25.9 Å². The Bertz CT molecular complexity index is 465. The summed E-state index contributed by atoms with van der Waals surface area (Å²) >= 11 is 6.93. The Kier molecular flexibility index (Phi) is 12.7. The van der Waals surface area contributed by atoms with E-state index < -0.39 is 0 Å². The third-order valence-electron chi connectivity index (χ3n) is 3.22. The monoisotopic (exact) mass is 556 g/mol.